The van der Waals surface area contributed by atoms with Crippen molar-refractivity contribution in [1.29, 1.82) is 0 Å². The van der Waals surface area contributed by atoms with Crippen LogP contribution in [0.2, 0.25) is 0 Å². The summed E-state index contributed by atoms with van der Waals surface area (Å²) in [5.41, 5.74) is 4.86. The van der Waals surface area contributed by atoms with Crippen molar-refractivity contribution >= 4 is 27.8 Å². The number of rotatable bonds is 13. The van der Waals surface area contributed by atoms with Crippen molar-refractivity contribution in [2.75, 3.05) is 17.9 Å². The van der Waals surface area contributed by atoms with Gasteiger partial charge in [0, 0.05) is 11.3 Å². The number of nitrogens with one attached hydrogen (secondary N) is 2. The van der Waals surface area contributed by atoms with Crippen LogP contribution in [0.4, 0.5) is 5.69 Å². The van der Waals surface area contributed by atoms with Gasteiger partial charge in [0.1, 0.15) is 12.4 Å². The van der Waals surface area contributed by atoms with Crippen LogP contribution in [0.5, 0.6) is 17.2 Å². The first-order chi connectivity index (χ1) is 19.9. The van der Waals surface area contributed by atoms with E-state index >= 15 is 0 Å². The average Bonchev–Trinajstić information content (AvgIpc) is 2.98. The van der Waals surface area contributed by atoms with Crippen LogP contribution in [0.25, 0.3) is 0 Å². The number of carbonyl (C=O) groups excluding carboxylic acids is 1. The van der Waals surface area contributed by atoms with Gasteiger partial charge in [0.05, 0.1) is 24.3 Å². The van der Waals surface area contributed by atoms with Crippen LogP contribution in [0.15, 0.2) is 107 Å². The molecule has 1 amide bonds. The molecule has 4 aromatic rings. The van der Waals surface area contributed by atoms with Crippen molar-refractivity contribution < 1.29 is 27.4 Å². The third kappa shape index (κ3) is 8.33. The van der Waals surface area contributed by atoms with Crippen LogP contribution in [-0.4, -0.2) is 33.8 Å². The highest BCUT2D eigenvalue weighted by Gasteiger charge is 2.15. The van der Waals surface area contributed by atoms with E-state index in [2.05, 4.69) is 15.2 Å². The van der Waals surface area contributed by atoms with Gasteiger partial charge in [0.25, 0.3) is 15.9 Å². The molecule has 0 atom stereocenters. The van der Waals surface area contributed by atoms with Crippen LogP contribution in [0.1, 0.15) is 35.3 Å². The molecule has 0 aliphatic carbocycles. The Kier molecular flexibility index (Phi) is 9.95. The van der Waals surface area contributed by atoms with Crippen LogP contribution in [0.3, 0.4) is 0 Å². The predicted octanol–water partition coefficient (Wildman–Crippen LogP) is 5.63. The number of sulfonamides is 1. The second kappa shape index (κ2) is 14.0. The molecule has 0 radical (unpaired) electrons. The lowest BCUT2D eigenvalue weighted by atomic mass is 10.2. The minimum atomic E-state index is -3.80. The first kappa shape index (κ1) is 29.2. The SMILES string of the molecule is CCOc1ccc(S(=O)(=O)Nc2ccc(C(=O)NN=Cc3ccc(OCc4ccccc4)c(OCC)c3)cc2)cc1. The lowest BCUT2D eigenvalue weighted by Crippen LogP contribution is -2.18. The molecular weight excluding hydrogens is 542 g/mol. The lowest BCUT2D eigenvalue weighted by molar-refractivity contribution is 0.0955. The van der Waals surface area contributed by atoms with Gasteiger partial charge < -0.3 is 14.2 Å². The Morgan fingerprint density at radius 1 is 0.805 bits per heavy atom. The highest BCUT2D eigenvalue weighted by Crippen LogP contribution is 2.29. The fourth-order valence-corrected chi connectivity index (χ4v) is 4.80. The number of nitrogens with zero attached hydrogens (tertiary/aromatic N) is 1. The fourth-order valence-electron chi connectivity index (χ4n) is 3.74. The molecule has 4 aromatic carbocycles. The highest BCUT2D eigenvalue weighted by molar-refractivity contribution is 7.92. The van der Waals surface area contributed by atoms with Crippen molar-refractivity contribution in [3.05, 3.63) is 114 Å². The first-order valence-corrected chi connectivity index (χ1v) is 14.5. The van der Waals surface area contributed by atoms with Gasteiger partial charge in [-0.3, -0.25) is 9.52 Å². The molecule has 0 aliphatic rings. The molecule has 0 saturated heterocycles. The molecule has 41 heavy (non-hydrogen) atoms. The topological polar surface area (TPSA) is 115 Å². The number of anilines is 1. The third-order valence-electron chi connectivity index (χ3n) is 5.73. The predicted molar refractivity (Wildman–Crippen MR) is 158 cm³/mol. The molecule has 10 heteroatoms. The van der Waals surface area contributed by atoms with Crippen LogP contribution < -0.4 is 24.4 Å². The normalized spacial score (nSPS) is 11.2. The smallest absolute Gasteiger partial charge is 0.271 e. The van der Waals surface area contributed by atoms with Gasteiger partial charge in [-0.2, -0.15) is 5.10 Å². The molecule has 2 N–H and O–H groups in total. The van der Waals surface area contributed by atoms with Crippen molar-refractivity contribution in [1.82, 2.24) is 5.43 Å². The van der Waals surface area contributed by atoms with E-state index in [1.807, 2.05) is 50.2 Å². The van der Waals surface area contributed by atoms with Crippen LogP contribution >= 0.6 is 0 Å². The summed E-state index contributed by atoms with van der Waals surface area (Å²) in [7, 11) is -3.80. The maximum absolute atomic E-state index is 12.7. The summed E-state index contributed by atoms with van der Waals surface area (Å²) < 4.78 is 44.9. The van der Waals surface area contributed by atoms with E-state index < -0.39 is 15.9 Å². The van der Waals surface area contributed by atoms with E-state index in [0.29, 0.717) is 53.9 Å². The molecule has 0 spiro atoms. The highest BCUT2D eigenvalue weighted by atomic mass is 32.2. The number of hydrazone groups is 1. The lowest BCUT2D eigenvalue weighted by Gasteiger charge is -2.12. The Labute approximate surface area is 239 Å². The minimum Gasteiger partial charge on any atom is -0.494 e. The van der Waals surface area contributed by atoms with Crippen LogP contribution in [-0.2, 0) is 16.6 Å². The Morgan fingerprint density at radius 2 is 1.51 bits per heavy atom. The number of carbonyl (C=O) groups is 1. The van der Waals surface area contributed by atoms with E-state index in [-0.39, 0.29) is 4.90 Å². The molecule has 212 valence electrons. The minimum absolute atomic E-state index is 0.0976. The second-order valence-corrected chi connectivity index (χ2v) is 10.4. The second-order valence-electron chi connectivity index (χ2n) is 8.70. The zero-order valence-corrected chi connectivity index (χ0v) is 23.6. The van der Waals surface area contributed by atoms with E-state index in [4.69, 9.17) is 14.2 Å². The number of benzene rings is 4. The number of amides is 1. The largest absolute Gasteiger partial charge is 0.494 e. The summed E-state index contributed by atoms with van der Waals surface area (Å²) in [5.74, 6) is 1.32. The summed E-state index contributed by atoms with van der Waals surface area (Å²) in [4.78, 5) is 12.7. The maximum atomic E-state index is 12.7. The van der Waals surface area contributed by atoms with Crippen molar-refractivity contribution in [2.24, 2.45) is 5.10 Å². The number of hydrogen-bond acceptors (Lipinski definition) is 7. The van der Waals surface area contributed by atoms with Gasteiger partial charge in [0.15, 0.2) is 11.5 Å². The Morgan fingerprint density at radius 3 is 2.20 bits per heavy atom. The van der Waals surface area contributed by atoms with E-state index in [9.17, 15) is 13.2 Å². The van der Waals surface area contributed by atoms with E-state index in [1.165, 1.54) is 42.6 Å². The van der Waals surface area contributed by atoms with E-state index in [0.717, 1.165) is 5.56 Å². The van der Waals surface area contributed by atoms with Crippen LogP contribution in [0, 0.1) is 0 Å². The molecular formula is C31H31N3O6S. The average molecular weight is 574 g/mol. The van der Waals surface area contributed by atoms with Crippen molar-refractivity contribution in [2.45, 2.75) is 25.3 Å². The number of ether oxygens (including phenoxy) is 3. The Hall–Kier alpha value is -4.83. The first-order valence-electron chi connectivity index (χ1n) is 13.0. The Bertz CT molecular complexity index is 1570. The standard InChI is InChI=1S/C31H31N3O6S/c1-3-38-27-15-17-28(18-16-27)41(36,37)34-26-13-11-25(12-14-26)31(35)33-32-21-24-10-19-29(30(20-24)39-4-2)40-22-23-8-6-5-7-9-23/h5-21,34H,3-4,22H2,1-2H3,(H,33,35). The quantitative estimate of drug-likeness (QED) is 0.158. The third-order valence-corrected chi connectivity index (χ3v) is 7.13. The van der Waals surface area contributed by atoms with Gasteiger partial charge in [-0.05, 0) is 91.7 Å². The molecule has 0 saturated carbocycles. The summed E-state index contributed by atoms with van der Waals surface area (Å²) in [6.07, 6.45) is 1.50. The van der Waals surface area contributed by atoms with Gasteiger partial charge in [-0.1, -0.05) is 30.3 Å². The molecule has 0 fully saturated rings. The molecule has 0 bridgehead atoms. The summed E-state index contributed by atoms with van der Waals surface area (Å²) in [6.45, 7) is 5.10. The maximum Gasteiger partial charge on any atom is 0.271 e. The summed E-state index contributed by atoms with van der Waals surface area (Å²) >= 11 is 0. The zero-order chi connectivity index (χ0) is 29.1. The fraction of sp³-hybridized carbons (Fsp3) is 0.161. The molecule has 4 rings (SSSR count). The number of hydrogen-bond donors (Lipinski definition) is 2. The van der Waals surface area contributed by atoms with Gasteiger partial charge in [-0.15, -0.1) is 0 Å². The summed E-state index contributed by atoms with van der Waals surface area (Å²) in [5, 5.41) is 4.04. The molecule has 0 aromatic heterocycles. The van der Waals surface area contributed by atoms with Crippen molar-refractivity contribution in [3.8, 4) is 17.2 Å². The molecule has 9 nitrogen and oxygen atoms in total. The van der Waals surface area contributed by atoms with Gasteiger partial charge in [-0.25, -0.2) is 13.8 Å². The van der Waals surface area contributed by atoms with Crippen molar-refractivity contribution in [3.63, 3.8) is 0 Å². The Balaban J connectivity index is 1.34. The van der Waals surface area contributed by atoms with E-state index in [1.54, 1.807) is 24.3 Å². The molecule has 0 heterocycles. The monoisotopic (exact) mass is 573 g/mol. The molecule has 0 aliphatic heterocycles. The van der Waals surface area contributed by atoms with Gasteiger partial charge in [0.2, 0.25) is 0 Å². The summed E-state index contributed by atoms with van der Waals surface area (Å²) in [6, 6.07) is 27.4. The van der Waals surface area contributed by atoms with Gasteiger partial charge >= 0.3 is 0 Å². The molecule has 0 unspecified atom stereocenters. The zero-order valence-electron chi connectivity index (χ0n) is 22.7.